The van der Waals surface area contributed by atoms with Crippen LogP contribution in [0, 0.1) is 5.92 Å². The number of hydrogen-bond donors (Lipinski definition) is 0. The SMILES string of the molecule is C=C/C=C\C1=C(C)c2ccccc2C1(C1=CC(C)CC=C1)c1cccc(-c2nc(-c3ccccc3)nc(-c3cc4ccccc4s3)n2)c1. The van der Waals surface area contributed by atoms with Gasteiger partial charge in [-0.1, -0.05) is 141 Å². The predicted octanol–water partition coefficient (Wildman–Crippen LogP) is 11.4. The zero-order valence-corrected chi connectivity index (χ0v) is 27.9. The first kappa shape index (κ1) is 29.9. The van der Waals surface area contributed by atoms with Crippen LogP contribution in [0.5, 0.6) is 0 Å². The minimum absolute atomic E-state index is 0.434. The van der Waals surface area contributed by atoms with Crippen molar-refractivity contribution in [1.29, 1.82) is 0 Å². The molecule has 0 amide bonds. The van der Waals surface area contributed by atoms with Crippen LogP contribution in [0.25, 0.3) is 49.1 Å². The first-order valence-corrected chi connectivity index (χ1v) is 17.3. The van der Waals surface area contributed by atoms with E-state index in [1.165, 1.54) is 43.5 Å². The molecule has 3 nitrogen and oxygen atoms in total. The van der Waals surface area contributed by atoms with Gasteiger partial charge in [-0.2, -0.15) is 0 Å². The molecule has 8 rings (SSSR count). The molecule has 232 valence electrons. The van der Waals surface area contributed by atoms with E-state index in [1.807, 2.05) is 24.3 Å². The summed E-state index contributed by atoms with van der Waals surface area (Å²) in [5, 5.41) is 1.19. The summed E-state index contributed by atoms with van der Waals surface area (Å²) in [4.78, 5) is 16.3. The molecule has 0 saturated heterocycles. The summed E-state index contributed by atoms with van der Waals surface area (Å²) >= 11 is 1.71. The Morgan fingerprint density at radius 3 is 2.33 bits per heavy atom. The van der Waals surface area contributed by atoms with Gasteiger partial charge in [-0.3, -0.25) is 0 Å². The Morgan fingerprint density at radius 2 is 1.52 bits per heavy atom. The van der Waals surface area contributed by atoms with E-state index in [1.54, 1.807) is 11.3 Å². The van der Waals surface area contributed by atoms with Crippen molar-refractivity contribution in [2.24, 2.45) is 5.92 Å². The molecular formula is C44H35N3S. The van der Waals surface area contributed by atoms with Gasteiger partial charge in [0, 0.05) is 15.8 Å². The van der Waals surface area contributed by atoms with Gasteiger partial charge in [-0.25, -0.2) is 15.0 Å². The zero-order valence-electron chi connectivity index (χ0n) is 27.1. The Bertz CT molecular complexity index is 2290. The normalized spacial score (nSPS) is 18.8. The van der Waals surface area contributed by atoms with Crippen LogP contribution >= 0.6 is 11.3 Å². The zero-order chi connectivity index (χ0) is 32.7. The number of fused-ring (bicyclic) bond motifs is 2. The van der Waals surface area contributed by atoms with E-state index in [9.17, 15) is 0 Å². The number of nitrogens with zero attached hydrogens (tertiary/aromatic N) is 3. The van der Waals surface area contributed by atoms with Crippen molar-refractivity contribution < 1.29 is 0 Å². The maximum atomic E-state index is 5.16. The van der Waals surface area contributed by atoms with Crippen molar-refractivity contribution >= 4 is 27.0 Å². The van der Waals surface area contributed by atoms with Crippen LogP contribution in [-0.2, 0) is 5.41 Å². The average molecular weight is 638 g/mol. The lowest BCUT2D eigenvalue weighted by Gasteiger charge is -2.37. The average Bonchev–Trinajstić information content (AvgIpc) is 3.68. The fourth-order valence-corrected chi connectivity index (χ4v) is 8.31. The highest BCUT2D eigenvalue weighted by molar-refractivity contribution is 7.22. The quantitative estimate of drug-likeness (QED) is 0.164. The van der Waals surface area contributed by atoms with Crippen molar-refractivity contribution in [2.45, 2.75) is 25.7 Å². The second-order valence-corrected chi connectivity index (χ2v) is 13.7. The van der Waals surface area contributed by atoms with Gasteiger partial charge in [-0.05, 0) is 76.3 Å². The molecule has 2 aliphatic rings. The molecule has 0 fully saturated rings. The third-order valence-electron chi connectivity index (χ3n) is 9.51. The molecule has 2 heterocycles. The number of rotatable bonds is 7. The molecule has 2 aromatic heterocycles. The first-order chi connectivity index (χ1) is 23.6. The second-order valence-electron chi connectivity index (χ2n) is 12.6. The van der Waals surface area contributed by atoms with Gasteiger partial charge < -0.3 is 0 Å². The van der Waals surface area contributed by atoms with Crippen molar-refractivity contribution in [2.75, 3.05) is 0 Å². The molecule has 6 aromatic rings. The van der Waals surface area contributed by atoms with E-state index in [4.69, 9.17) is 15.0 Å². The number of thiophene rings is 1. The van der Waals surface area contributed by atoms with Crippen LogP contribution in [0.15, 0.2) is 163 Å². The van der Waals surface area contributed by atoms with E-state index < -0.39 is 5.41 Å². The van der Waals surface area contributed by atoms with Gasteiger partial charge in [0.15, 0.2) is 17.5 Å². The number of allylic oxidation sites excluding steroid dienone is 9. The smallest absolute Gasteiger partial charge is 0.174 e. The Hall–Kier alpha value is -5.45. The van der Waals surface area contributed by atoms with Crippen LogP contribution in [-0.4, -0.2) is 15.0 Å². The van der Waals surface area contributed by atoms with Crippen LogP contribution < -0.4 is 0 Å². The standard InChI is InChI=1S/C44H35N3S/c1-4-5-23-37-30(3)36-22-10-11-24-38(36)44(37,34-20-13-15-29(2)26-34)35-21-14-19-33(27-35)42-45-41(31-16-7-6-8-17-31)46-43(47-42)40-28-32-18-9-12-25-39(32)48-40/h4-14,16-29H,1,15H2,2-3H3/b23-5-. The van der Waals surface area contributed by atoms with Crippen molar-refractivity contribution in [3.63, 3.8) is 0 Å². The highest BCUT2D eigenvalue weighted by atomic mass is 32.1. The molecule has 4 heteroatoms. The number of benzene rings is 4. The van der Waals surface area contributed by atoms with E-state index in [-0.39, 0.29) is 0 Å². The van der Waals surface area contributed by atoms with Crippen molar-refractivity contribution in [1.82, 2.24) is 15.0 Å². The minimum atomic E-state index is -0.509. The molecule has 0 N–H and O–H groups in total. The third-order valence-corrected chi connectivity index (χ3v) is 10.6. The summed E-state index contributed by atoms with van der Waals surface area (Å²) < 4.78 is 1.21. The molecule has 4 aromatic carbocycles. The first-order valence-electron chi connectivity index (χ1n) is 16.5. The van der Waals surface area contributed by atoms with Crippen LogP contribution in [0.2, 0.25) is 0 Å². The predicted molar refractivity (Wildman–Crippen MR) is 202 cm³/mol. The van der Waals surface area contributed by atoms with E-state index >= 15 is 0 Å². The summed E-state index contributed by atoms with van der Waals surface area (Å²) in [6.07, 6.45) is 14.3. The van der Waals surface area contributed by atoms with Gasteiger partial charge in [0.25, 0.3) is 0 Å². The molecule has 48 heavy (non-hydrogen) atoms. The van der Waals surface area contributed by atoms with Crippen molar-refractivity contribution in [3.8, 4) is 33.5 Å². The van der Waals surface area contributed by atoms with Crippen molar-refractivity contribution in [3.05, 3.63) is 180 Å². The van der Waals surface area contributed by atoms with Gasteiger partial charge in [0.1, 0.15) is 0 Å². The summed E-state index contributed by atoms with van der Waals surface area (Å²) in [6, 6.07) is 38.5. The summed E-state index contributed by atoms with van der Waals surface area (Å²) in [5.41, 5.74) is 8.99. The lowest BCUT2D eigenvalue weighted by atomic mass is 9.64. The monoisotopic (exact) mass is 637 g/mol. The third kappa shape index (κ3) is 5.01. The Labute approximate surface area is 286 Å². The van der Waals surface area contributed by atoms with Crippen LogP contribution in [0.4, 0.5) is 0 Å². The molecule has 0 spiro atoms. The lowest BCUT2D eigenvalue weighted by molar-refractivity contribution is 0.681. The molecule has 2 atom stereocenters. The maximum Gasteiger partial charge on any atom is 0.174 e. The Kier molecular flexibility index (Phi) is 7.66. The molecule has 0 saturated carbocycles. The van der Waals surface area contributed by atoms with Gasteiger partial charge in [-0.15, -0.1) is 11.3 Å². The molecule has 0 bridgehead atoms. The fourth-order valence-electron chi connectivity index (χ4n) is 7.32. The van der Waals surface area contributed by atoms with Crippen LogP contribution in [0.1, 0.15) is 37.0 Å². The molecule has 2 aliphatic carbocycles. The largest absolute Gasteiger partial charge is 0.208 e. The highest BCUT2D eigenvalue weighted by Gasteiger charge is 2.47. The summed E-state index contributed by atoms with van der Waals surface area (Å²) in [7, 11) is 0. The summed E-state index contributed by atoms with van der Waals surface area (Å²) in [6.45, 7) is 8.57. The van der Waals surface area contributed by atoms with Gasteiger partial charge in [0.05, 0.1) is 10.3 Å². The topological polar surface area (TPSA) is 38.7 Å². The maximum absolute atomic E-state index is 5.16. The minimum Gasteiger partial charge on any atom is -0.208 e. The van der Waals surface area contributed by atoms with E-state index in [0.717, 1.165) is 22.4 Å². The lowest BCUT2D eigenvalue weighted by Crippen LogP contribution is -2.31. The molecule has 2 unspecified atom stereocenters. The number of hydrogen-bond acceptors (Lipinski definition) is 4. The highest BCUT2D eigenvalue weighted by Crippen LogP contribution is 2.56. The van der Waals surface area contributed by atoms with Gasteiger partial charge in [0.2, 0.25) is 0 Å². The molecule has 0 radical (unpaired) electrons. The number of aromatic nitrogens is 3. The van der Waals surface area contributed by atoms with Crippen LogP contribution in [0.3, 0.4) is 0 Å². The molecule has 0 aliphatic heterocycles. The Balaban J connectivity index is 1.37. The molecular weight excluding hydrogens is 603 g/mol. The van der Waals surface area contributed by atoms with E-state index in [0.29, 0.717) is 23.4 Å². The Morgan fingerprint density at radius 1 is 0.792 bits per heavy atom. The fraction of sp³-hybridized carbons (Fsp3) is 0.114. The van der Waals surface area contributed by atoms with Gasteiger partial charge >= 0.3 is 0 Å². The second kappa shape index (κ2) is 12.3. The van der Waals surface area contributed by atoms with E-state index in [2.05, 4.69) is 142 Å². The summed E-state index contributed by atoms with van der Waals surface area (Å²) in [5.74, 6) is 2.44.